The number of thiazole rings is 1. The van der Waals surface area contributed by atoms with Crippen molar-refractivity contribution >= 4 is 33.8 Å². The molecule has 0 spiro atoms. The molecule has 6 N–H and O–H groups in total. The van der Waals surface area contributed by atoms with Gasteiger partial charge in [-0.05, 0) is 19.3 Å². The van der Waals surface area contributed by atoms with Crippen LogP contribution in [-0.4, -0.2) is 24.0 Å². The molecular formula is C15H20N6O2S. The molecule has 1 aliphatic carbocycles. The van der Waals surface area contributed by atoms with Crippen molar-refractivity contribution in [3.05, 3.63) is 31.5 Å². The van der Waals surface area contributed by atoms with Crippen LogP contribution < -0.4 is 33.0 Å². The van der Waals surface area contributed by atoms with Gasteiger partial charge >= 0.3 is 0 Å². The van der Waals surface area contributed by atoms with Crippen LogP contribution in [-0.2, 0) is 0 Å². The van der Waals surface area contributed by atoms with Gasteiger partial charge in [0, 0.05) is 24.4 Å². The van der Waals surface area contributed by atoms with Crippen LogP contribution >= 0.6 is 11.3 Å². The van der Waals surface area contributed by atoms with Crippen molar-refractivity contribution in [2.75, 3.05) is 17.7 Å². The van der Waals surface area contributed by atoms with Crippen LogP contribution in [0.25, 0.3) is 0 Å². The fraction of sp³-hybridized carbons (Fsp3) is 0.467. The molecular weight excluding hydrogens is 328 g/mol. The Hall–Kier alpha value is -2.42. The normalized spacial score (nSPS) is 20.7. The second-order valence-corrected chi connectivity index (χ2v) is 6.79. The molecule has 1 aromatic carbocycles. The first-order chi connectivity index (χ1) is 11.5. The largest absolute Gasteiger partial charge is 0.383 e. The van der Waals surface area contributed by atoms with Gasteiger partial charge in [0.05, 0.1) is 5.69 Å². The van der Waals surface area contributed by atoms with Crippen molar-refractivity contribution in [1.29, 1.82) is 0 Å². The van der Waals surface area contributed by atoms with E-state index in [1.54, 1.807) is 7.05 Å². The highest BCUT2D eigenvalue weighted by Crippen LogP contribution is 2.36. The minimum Gasteiger partial charge on any atom is -0.383 e. The Labute approximate surface area is 142 Å². The summed E-state index contributed by atoms with van der Waals surface area (Å²) in [5, 5.41) is 8.55. The maximum Gasteiger partial charge on any atom is 0.253 e. The third kappa shape index (κ3) is 3.12. The van der Waals surface area contributed by atoms with Gasteiger partial charge < -0.3 is 22.1 Å². The Bertz CT molecular complexity index is 831. The Kier molecular flexibility index (Phi) is 4.52. The Morgan fingerprint density at radius 1 is 1.29 bits per heavy atom. The number of nitrogens with two attached hydrogens (primary N) is 2. The van der Waals surface area contributed by atoms with Crippen LogP contribution in [0.2, 0.25) is 0 Å². The van der Waals surface area contributed by atoms with E-state index in [0.717, 1.165) is 31.4 Å². The highest BCUT2D eigenvalue weighted by molar-refractivity contribution is 7.13. The zero-order valence-electron chi connectivity index (χ0n) is 13.3. The lowest BCUT2D eigenvalue weighted by molar-refractivity contribution is 0.406. The van der Waals surface area contributed by atoms with Gasteiger partial charge in [0.25, 0.3) is 10.9 Å². The van der Waals surface area contributed by atoms with Crippen molar-refractivity contribution < 1.29 is 0 Å². The first kappa shape index (κ1) is 16.4. The van der Waals surface area contributed by atoms with E-state index < -0.39 is 10.9 Å². The first-order valence-electron chi connectivity index (χ1n) is 7.82. The van der Waals surface area contributed by atoms with E-state index in [1.165, 1.54) is 11.3 Å². The van der Waals surface area contributed by atoms with E-state index in [1.807, 2.05) is 5.38 Å². The molecule has 0 bridgehead atoms. The first-order valence-corrected chi connectivity index (χ1v) is 8.70. The number of aromatic nitrogens is 1. The maximum atomic E-state index is 11.7. The van der Waals surface area contributed by atoms with Gasteiger partial charge in [0.2, 0.25) is 5.13 Å². The zero-order chi connectivity index (χ0) is 17.3. The van der Waals surface area contributed by atoms with E-state index >= 15 is 0 Å². The molecule has 1 aromatic heterocycles. The number of nitrogens with one attached hydrogen (secondary N) is 2. The van der Waals surface area contributed by atoms with Crippen LogP contribution in [0.15, 0.2) is 20.0 Å². The number of hydrogen-bond acceptors (Lipinski definition) is 7. The number of hydrogen-bond donors (Lipinski definition) is 4. The van der Waals surface area contributed by atoms with Crippen LogP contribution in [0.3, 0.4) is 0 Å². The lowest BCUT2D eigenvalue weighted by Gasteiger charge is -2.30. The van der Waals surface area contributed by atoms with E-state index in [2.05, 4.69) is 20.6 Å². The number of aliphatic imine (C=N–C) groups is 1. The van der Waals surface area contributed by atoms with Gasteiger partial charge in [-0.1, -0.05) is 6.42 Å². The minimum atomic E-state index is -0.450. The predicted molar refractivity (Wildman–Crippen MR) is 97.1 cm³/mol. The van der Waals surface area contributed by atoms with Crippen molar-refractivity contribution in [3.63, 3.8) is 0 Å². The van der Waals surface area contributed by atoms with Gasteiger partial charge in [-0.2, -0.15) is 4.99 Å². The lowest BCUT2D eigenvalue weighted by Crippen LogP contribution is -2.40. The number of rotatable bonds is 5. The molecule has 1 saturated carbocycles. The van der Waals surface area contributed by atoms with E-state index in [-0.39, 0.29) is 12.0 Å². The van der Waals surface area contributed by atoms with Crippen LogP contribution in [0.5, 0.6) is 0 Å². The van der Waals surface area contributed by atoms with E-state index in [4.69, 9.17) is 11.5 Å². The molecule has 0 saturated heterocycles. The quantitative estimate of drug-likeness (QED) is 0.357. The monoisotopic (exact) mass is 348 g/mol. The third-order valence-electron chi connectivity index (χ3n) is 4.34. The van der Waals surface area contributed by atoms with Crippen LogP contribution in [0.1, 0.15) is 37.3 Å². The number of anilines is 2. The summed E-state index contributed by atoms with van der Waals surface area (Å²) in [5.41, 5.74) is 11.6. The topological polar surface area (TPSA) is 135 Å². The molecule has 8 nitrogen and oxygen atoms in total. The minimum absolute atomic E-state index is 0.00113. The van der Waals surface area contributed by atoms with Gasteiger partial charge in [0.1, 0.15) is 11.4 Å². The van der Waals surface area contributed by atoms with Crippen LogP contribution in [0.4, 0.5) is 16.5 Å². The Morgan fingerprint density at radius 3 is 2.75 bits per heavy atom. The van der Waals surface area contributed by atoms with Gasteiger partial charge in [-0.25, -0.2) is 4.98 Å². The standard InChI is InChI=1S/C15H20N6O2S/c1-18-10-11(13(23)12(10)22)19-8-4-2-3-7(5-8)9-6-24-15(20-9)21-14(16)17/h6-8,18-19H,2-5H2,1H3,(H4,16,17,20,21). The molecule has 128 valence electrons. The molecule has 9 heteroatoms. The molecule has 2 atom stereocenters. The highest BCUT2D eigenvalue weighted by Gasteiger charge is 2.28. The van der Waals surface area contributed by atoms with Gasteiger partial charge in [-0.15, -0.1) is 11.3 Å². The van der Waals surface area contributed by atoms with Crippen molar-refractivity contribution in [1.82, 2.24) is 4.98 Å². The molecule has 24 heavy (non-hydrogen) atoms. The SMILES string of the molecule is CNc1c(NC2CCCC(c3csc(N=C(N)N)n3)C2)c(=O)c1=O. The molecule has 0 amide bonds. The maximum absolute atomic E-state index is 11.7. The summed E-state index contributed by atoms with van der Waals surface area (Å²) in [7, 11) is 1.64. The smallest absolute Gasteiger partial charge is 0.253 e. The average molecular weight is 348 g/mol. The zero-order valence-corrected chi connectivity index (χ0v) is 14.2. The average Bonchev–Trinajstić information content (AvgIpc) is 3.02. The van der Waals surface area contributed by atoms with E-state index in [0.29, 0.717) is 22.4 Å². The fourth-order valence-corrected chi connectivity index (χ4v) is 3.97. The summed E-state index contributed by atoms with van der Waals surface area (Å²) in [6, 6.07) is 0.146. The van der Waals surface area contributed by atoms with Gasteiger partial charge in [-0.3, -0.25) is 9.59 Å². The highest BCUT2D eigenvalue weighted by atomic mass is 32.1. The summed E-state index contributed by atoms with van der Waals surface area (Å²) in [6.45, 7) is 0. The summed E-state index contributed by atoms with van der Waals surface area (Å²) < 4.78 is 0. The summed E-state index contributed by atoms with van der Waals surface area (Å²) in [6.07, 6.45) is 3.88. The van der Waals surface area contributed by atoms with Crippen molar-refractivity contribution in [3.8, 4) is 0 Å². The molecule has 1 heterocycles. The molecule has 1 fully saturated rings. The molecule has 2 aromatic rings. The fourth-order valence-electron chi connectivity index (χ4n) is 3.19. The number of nitrogens with zero attached hydrogens (tertiary/aromatic N) is 2. The summed E-state index contributed by atoms with van der Waals surface area (Å²) in [4.78, 5) is 31.6. The third-order valence-corrected chi connectivity index (χ3v) is 5.09. The number of guanidine groups is 1. The van der Waals surface area contributed by atoms with E-state index in [9.17, 15) is 9.59 Å². The predicted octanol–water partition coefficient (Wildman–Crippen LogP) is 0.824. The van der Waals surface area contributed by atoms with Crippen LogP contribution in [0, 0.1) is 0 Å². The molecule has 0 radical (unpaired) electrons. The molecule has 3 rings (SSSR count). The molecule has 2 unspecified atom stereocenters. The second kappa shape index (κ2) is 6.60. The summed E-state index contributed by atoms with van der Waals surface area (Å²) >= 11 is 1.41. The molecule has 0 aliphatic heterocycles. The Morgan fingerprint density at radius 2 is 2.04 bits per heavy atom. The second-order valence-electron chi connectivity index (χ2n) is 5.95. The van der Waals surface area contributed by atoms with Crippen molar-refractivity contribution in [2.45, 2.75) is 37.6 Å². The van der Waals surface area contributed by atoms with Gasteiger partial charge in [0.15, 0.2) is 5.96 Å². The lowest BCUT2D eigenvalue weighted by atomic mass is 9.84. The molecule has 1 aliphatic rings. The van der Waals surface area contributed by atoms with Crippen molar-refractivity contribution in [2.24, 2.45) is 16.5 Å². The summed E-state index contributed by atoms with van der Waals surface area (Å²) in [5.74, 6) is 0.291. The Balaban J connectivity index is 1.69.